The first kappa shape index (κ1) is 16.3. The fraction of sp³-hybridized carbons (Fsp3) is 0. The van der Waals surface area contributed by atoms with Crippen LogP contribution in [-0.2, 0) is 0 Å². The van der Waals surface area contributed by atoms with Crippen molar-refractivity contribution in [2.75, 3.05) is 4.90 Å². The third kappa shape index (κ3) is 2.39. The highest BCUT2D eigenvalue weighted by molar-refractivity contribution is 6.03. The lowest BCUT2D eigenvalue weighted by Crippen LogP contribution is -2.12. The predicted octanol–water partition coefficient (Wildman–Crippen LogP) is 6.71. The number of fused-ring (bicyclic) bond motifs is 5. The molecule has 0 aromatic heterocycles. The molecular formula is C24H16N2O2. The Kier molecular flexibility index (Phi) is 3.69. The lowest BCUT2D eigenvalue weighted by atomic mass is 9.95. The fourth-order valence-corrected chi connectivity index (χ4v) is 3.94. The van der Waals surface area contributed by atoms with Crippen LogP contribution in [0.3, 0.4) is 0 Å². The van der Waals surface area contributed by atoms with Crippen LogP contribution in [0.25, 0.3) is 22.3 Å². The van der Waals surface area contributed by atoms with Crippen LogP contribution in [0.1, 0.15) is 0 Å². The normalized spacial score (nSPS) is 11.8. The Morgan fingerprint density at radius 3 is 1.43 bits per heavy atom. The first-order valence-corrected chi connectivity index (χ1v) is 9.07. The zero-order chi connectivity index (χ0) is 19.1. The number of benzene rings is 4. The summed E-state index contributed by atoms with van der Waals surface area (Å²) >= 11 is 0. The zero-order valence-corrected chi connectivity index (χ0v) is 14.9. The van der Waals surface area contributed by atoms with Crippen LogP contribution in [0, 0.1) is 10.1 Å². The molecule has 1 heterocycles. The van der Waals surface area contributed by atoms with Crippen LogP contribution in [0.15, 0.2) is 97.1 Å². The number of anilines is 3. The SMILES string of the molecule is O=[N+]([O-])c1ccccc1N1c2ccccc2-c2ccccc2-c2ccccc21. The van der Waals surface area contributed by atoms with Gasteiger partial charge in [-0.1, -0.05) is 72.8 Å². The van der Waals surface area contributed by atoms with Crippen molar-refractivity contribution in [3.8, 4) is 22.3 Å². The van der Waals surface area contributed by atoms with E-state index in [0.29, 0.717) is 5.69 Å². The highest BCUT2D eigenvalue weighted by atomic mass is 16.6. The average molecular weight is 364 g/mol. The van der Waals surface area contributed by atoms with E-state index in [1.54, 1.807) is 12.1 Å². The van der Waals surface area contributed by atoms with Crippen molar-refractivity contribution >= 4 is 22.7 Å². The van der Waals surface area contributed by atoms with Gasteiger partial charge >= 0.3 is 0 Å². The molecule has 0 radical (unpaired) electrons. The summed E-state index contributed by atoms with van der Waals surface area (Å²) in [5.41, 5.74) is 6.82. The highest BCUT2D eigenvalue weighted by Gasteiger charge is 2.29. The summed E-state index contributed by atoms with van der Waals surface area (Å²) < 4.78 is 0. The minimum absolute atomic E-state index is 0.0815. The molecule has 4 aromatic carbocycles. The lowest BCUT2D eigenvalue weighted by Gasteiger charge is -2.26. The zero-order valence-electron chi connectivity index (χ0n) is 14.9. The molecule has 0 bridgehead atoms. The van der Waals surface area contributed by atoms with Gasteiger partial charge < -0.3 is 4.90 Å². The Balaban J connectivity index is 1.92. The summed E-state index contributed by atoms with van der Waals surface area (Å²) in [5.74, 6) is 0. The van der Waals surface area contributed by atoms with Crippen molar-refractivity contribution < 1.29 is 4.92 Å². The average Bonchev–Trinajstić information content (AvgIpc) is 2.87. The maximum Gasteiger partial charge on any atom is 0.293 e. The number of hydrogen-bond donors (Lipinski definition) is 0. The van der Waals surface area contributed by atoms with E-state index in [9.17, 15) is 10.1 Å². The maximum absolute atomic E-state index is 11.8. The van der Waals surface area contributed by atoms with E-state index >= 15 is 0 Å². The standard InChI is InChI=1S/C24H16N2O2/c27-26(28)24-16-8-7-15-23(24)25-21-13-5-3-11-19(21)17-9-1-2-10-18(17)20-12-4-6-14-22(20)25/h1-16H. The number of nitro benzene ring substituents is 1. The van der Waals surface area contributed by atoms with Crippen LogP contribution >= 0.6 is 0 Å². The van der Waals surface area contributed by atoms with Gasteiger partial charge in [0.2, 0.25) is 0 Å². The van der Waals surface area contributed by atoms with Gasteiger partial charge in [-0.15, -0.1) is 0 Å². The van der Waals surface area contributed by atoms with Crippen LogP contribution < -0.4 is 4.90 Å². The number of nitrogens with zero attached hydrogens (tertiary/aromatic N) is 2. The van der Waals surface area contributed by atoms with Crippen molar-refractivity contribution in [3.05, 3.63) is 107 Å². The van der Waals surface area contributed by atoms with Gasteiger partial charge in [-0.25, -0.2) is 0 Å². The van der Waals surface area contributed by atoms with E-state index < -0.39 is 0 Å². The number of hydrogen-bond acceptors (Lipinski definition) is 3. The molecule has 134 valence electrons. The molecule has 28 heavy (non-hydrogen) atoms. The fourth-order valence-electron chi connectivity index (χ4n) is 3.94. The summed E-state index contributed by atoms with van der Waals surface area (Å²) in [7, 11) is 0. The van der Waals surface area contributed by atoms with E-state index in [0.717, 1.165) is 33.6 Å². The molecule has 0 aliphatic carbocycles. The smallest absolute Gasteiger partial charge is 0.293 e. The molecule has 1 aliphatic heterocycles. The highest BCUT2D eigenvalue weighted by Crippen LogP contribution is 2.51. The second kappa shape index (κ2) is 6.35. The van der Waals surface area contributed by atoms with E-state index in [-0.39, 0.29) is 10.6 Å². The molecule has 1 aliphatic rings. The Morgan fingerprint density at radius 2 is 0.929 bits per heavy atom. The quantitative estimate of drug-likeness (QED) is 0.258. The summed E-state index contributed by atoms with van der Waals surface area (Å²) in [4.78, 5) is 13.5. The Bertz CT molecular complexity index is 1150. The van der Waals surface area contributed by atoms with Crippen LogP contribution in [-0.4, -0.2) is 4.92 Å². The molecule has 4 nitrogen and oxygen atoms in total. The van der Waals surface area contributed by atoms with Gasteiger partial charge in [0.05, 0.1) is 16.3 Å². The molecule has 0 fully saturated rings. The van der Waals surface area contributed by atoms with Crippen molar-refractivity contribution in [1.29, 1.82) is 0 Å². The van der Waals surface area contributed by atoms with Crippen molar-refractivity contribution in [2.45, 2.75) is 0 Å². The second-order valence-electron chi connectivity index (χ2n) is 6.66. The van der Waals surface area contributed by atoms with Crippen molar-refractivity contribution in [3.63, 3.8) is 0 Å². The minimum Gasteiger partial charge on any atom is -0.303 e. The monoisotopic (exact) mass is 364 g/mol. The summed E-state index contributed by atoms with van der Waals surface area (Å²) in [6.07, 6.45) is 0. The minimum atomic E-state index is -0.321. The Morgan fingerprint density at radius 1 is 0.536 bits per heavy atom. The van der Waals surface area contributed by atoms with Gasteiger partial charge in [0.25, 0.3) is 5.69 Å². The lowest BCUT2D eigenvalue weighted by molar-refractivity contribution is -0.384. The molecule has 0 unspecified atom stereocenters. The molecular weight excluding hydrogens is 348 g/mol. The molecule has 5 rings (SSSR count). The molecule has 0 N–H and O–H groups in total. The van der Waals surface area contributed by atoms with Gasteiger partial charge in [-0.05, 0) is 29.3 Å². The number of para-hydroxylation sites is 4. The Hall–Kier alpha value is -3.92. The first-order chi connectivity index (χ1) is 13.8. The number of rotatable bonds is 2. The predicted molar refractivity (Wildman–Crippen MR) is 112 cm³/mol. The van der Waals surface area contributed by atoms with Crippen molar-refractivity contribution in [2.24, 2.45) is 0 Å². The van der Waals surface area contributed by atoms with E-state index in [1.165, 1.54) is 0 Å². The third-order valence-corrected chi connectivity index (χ3v) is 5.12. The third-order valence-electron chi connectivity index (χ3n) is 5.12. The molecule has 0 atom stereocenters. The topological polar surface area (TPSA) is 46.4 Å². The molecule has 4 aromatic rings. The largest absolute Gasteiger partial charge is 0.303 e. The molecule has 4 heteroatoms. The van der Waals surface area contributed by atoms with Crippen molar-refractivity contribution in [1.82, 2.24) is 0 Å². The summed E-state index contributed by atoms with van der Waals surface area (Å²) in [5, 5.41) is 11.8. The van der Waals surface area contributed by atoms with E-state index in [2.05, 4.69) is 24.3 Å². The maximum atomic E-state index is 11.8. The van der Waals surface area contributed by atoms with Crippen LogP contribution in [0.5, 0.6) is 0 Å². The van der Waals surface area contributed by atoms with Gasteiger partial charge in [0.1, 0.15) is 5.69 Å². The molecule has 0 amide bonds. The van der Waals surface area contributed by atoms with Gasteiger partial charge in [0, 0.05) is 17.2 Å². The van der Waals surface area contributed by atoms with E-state index in [1.807, 2.05) is 65.6 Å². The second-order valence-corrected chi connectivity index (χ2v) is 6.66. The molecule has 0 saturated carbocycles. The molecule has 0 spiro atoms. The summed E-state index contributed by atoms with van der Waals surface area (Å²) in [6.45, 7) is 0. The summed E-state index contributed by atoms with van der Waals surface area (Å²) in [6, 6.07) is 31.3. The van der Waals surface area contributed by atoms with E-state index in [4.69, 9.17) is 0 Å². The Labute approximate surface area is 162 Å². The van der Waals surface area contributed by atoms with Gasteiger partial charge in [0.15, 0.2) is 0 Å². The molecule has 0 saturated heterocycles. The number of nitro groups is 1. The van der Waals surface area contributed by atoms with Crippen LogP contribution in [0.2, 0.25) is 0 Å². The van der Waals surface area contributed by atoms with Gasteiger partial charge in [-0.3, -0.25) is 10.1 Å². The van der Waals surface area contributed by atoms with Gasteiger partial charge in [-0.2, -0.15) is 0 Å². The first-order valence-electron chi connectivity index (χ1n) is 9.07. The van der Waals surface area contributed by atoms with Crippen LogP contribution in [0.4, 0.5) is 22.7 Å².